The molecule has 1 aliphatic heterocycles. The van der Waals surface area contributed by atoms with Gasteiger partial charge in [0.25, 0.3) is 5.91 Å². The molecular formula is C19H20ClN3O3. The van der Waals surface area contributed by atoms with Gasteiger partial charge in [0.2, 0.25) is 6.10 Å². The van der Waals surface area contributed by atoms with Gasteiger partial charge in [0.1, 0.15) is 5.75 Å². The largest absolute Gasteiger partial charge is 0.494 e. The van der Waals surface area contributed by atoms with Gasteiger partial charge in [-0.1, -0.05) is 16.8 Å². The topological polar surface area (TPSA) is 72.8 Å². The monoisotopic (exact) mass is 373 g/mol. The second-order valence-corrected chi connectivity index (χ2v) is 6.23. The Balaban J connectivity index is 1.51. The molecule has 0 bridgehead atoms. The van der Waals surface area contributed by atoms with Gasteiger partial charge in [-0.05, 0) is 49.2 Å². The van der Waals surface area contributed by atoms with E-state index in [-0.39, 0.29) is 5.91 Å². The number of pyridine rings is 1. The molecule has 1 N–H and O–H groups in total. The average Bonchev–Trinajstić information content (AvgIpc) is 3.15. The van der Waals surface area contributed by atoms with Crippen LogP contribution in [-0.4, -0.2) is 35.9 Å². The third-order valence-electron chi connectivity index (χ3n) is 3.99. The first-order valence-electron chi connectivity index (χ1n) is 8.49. The minimum atomic E-state index is -0.608. The molecule has 0 fully saturated rings. The predicted molar refractivity (Wildman–Crippen MR) is 99.6 cm³/mol. The summed E-state index contributed by atoms with van der Waals surface area (Å²) in [5.41, 5.74) is 2.62. The lowest BCUT2D eigenvalue weighted by molar-refractivity contribution is -0.131. The van der Waals surface area contributed by atoms with E-state index in [0.29, 0.717) is 31.0 Å². The van der Waals surface area contributed by atoms with Gasteiger partial charge in [-0.2, -0.15) is 0 Å². The molecule has 136 valence electrons. The first-order chi connectivity index (χ1) is 12.7. The van der Waals surface area contributed by atoms with E-state index in [1.807, 2.05) is 31.2 Å². The number of oxime groups is 1. The van der Waals surface area contributed by atoms with Crippen LogP contribution in [0.2, 0.25) is 5.02 Å². The molecule has 0 saturated carbocycles. The summed E-state index contributed by atoms with van der Waals surface area (Å²) >= 11 is 6.05. The maximum absolute atomic E-state index is 12.3. The number of hydrogen-bond donors (Lipinski definition) is 1. The van der Waals surface area contributed by atoms with Crippen LogP contribution in [-0.2, 0) is 16.1 Å². The Labute approximate surface area is 157 Å². The van der Waals surface area contributed by atoms with Crippen LogP contribution in [0.1, 0.15) is 24.5 Å². The molecule has 2 aromatic rings. The zero-order valence-corrected chi connectivity index (χ0v) is 15.2. The maximum atomic E-state index is 12.3. The standard InChI is InChI=1S/C19H20ClN3O3/c1-2-25-17-4-3-15(20)11-14(17)7-10-22-19(24)18-12-16(23-26-18)13-5-8-21-9-6-13/h3-6,8-9,11,18H,2,7,10,12H2,1H3,(H,22,24)/t18-/m1/s1. The van der Waals surface area contributed by atoms with Crippen molar-refractivity contribution in [2.75, 3.05) is 13.2 Å². The molecule has 0 aliphatic carbocycles. The molecule has 0 radical (unpaired) electrons. The number of carbonyl (C=O) groups is 1. The highest BCUT2D eigenvalue weighted by Crippen LogP contribution is 2.23. The van der Waals surface area contributed by atoms with E-state index >= 15 is 0 Å². The molecule has 2 heterocycles. The summed E-state index contributed by atoms with van der Waals surface area (Å²) in [6, 6.07) is 9.18. The number of nitrogens with zero attached hydrogens (tertiary/aromatic N) is 2. The lowest BCUT2D eigenvalue weighted by atomic mass is 10.1. The van der Waals surface area contributed by atoms with E-state index in [1.54, 1.807) is 18.5 Å². The fraction of sp³-hybridized carbons (Fsp3) is 0.316. The highest BCUT2D eigenvalue weighted by atomic mass is 35.5. The molecule has 0 unspecified atom stereocenters. The Hall–Kier alpha value is -2.60. The number of carbonyl (C=O) groups excluding carboxylic acids is 1. The van der Waals surface area contributed by atoms with Crippen molar-refractivity contribution in [2.24, 2.45) is 5.16 Å². The second kappa shape index (κ2) is 8.67. The van der Waals surface area contributed by atoms with Crippen LogP contribution >= 0.6 is 11.6 Å². The van der Waals surface area contributed by atoms with Gasteiger partial charge >= 0.3 is 0 Å². The van der Waals surface area contributed by atoms with Crippen molar-refractivity contribution in [3.05, 3.63) is 58.9 Å². The third-order valence-corrected chi connectivity index (χ3v) is 4.23. The minimum Gasteiger partial charge on any atom is -0.494 e. The molecule has 0 spiro atoms. The van der Waals surface area contributed by atoms with E-state index in [2.05, 4.69) is 15.5 Å². The summed E-state index contributed by atoms with van der Waals surface area (Å²) in [6.45, 7) is 2.97. The zero-order chi connectivity index (χ0) is 18.4. The molecule has 1 amide bonds. The van der Waals surface area contributed by atoms with Gasteiger partial charge in [-0.15, -0.1) is 0 Å². The first-order valence-corrected chi connectivity index (χ1v) is 8.87. The first kappa shape index (κ1) is 18.2. The molecule has 0 saturated heterocycles. The molecule has 7 heteroatoms. The number of amides is 1. The van der Waals surface area contributed by atoms with E-state index in [1.165, 1.54) is 0 Å². The molecule has 1 aromatic carbocycles. The van der Waals surface area contributed by atoms with E-state index in [9.17, 15) is 4.79 Å². The summed E-state index contributed by atoms with van der Waals surface area (Å²) in [6.07, 6.45) is 3.83. The van der Waals surface area contributed by atoms with Crippen molar-refractivity contribution in [1.29, 1.82) is 0 Å². The lowest BCUT2D eigenvalue weighted by Crippen LogP contribution is -2.36. The van der Waals surface area contributed by atoms with Crippen LogP contribution in [0.5, 0.6) is 5.75 Å². The van der Waals surface area contributed by atoms with Gasteiger partial charge in [0.15, 0.2) is 0 Å². The van der Waals surface area contributed by atoms with Crippen molar-refractivity contribution in [3.63, 3.8) is 0 Å². The molecular weight excluding hydrogens is 354 g/mol. The summed E-state index contributed by atoms with van der Waals surface area (Å²) in [7, 11) is 0. The van der Waals surface area contributed by atoms with Crippen molar-refractivity contribution in [2.45, 2.75) is 25.9 Å². The molecule has 1 aromatic heterocycles. The van der Waals surface area contributed by atoms with Crippen LogP contribution in [0.3, 0.4) is 0 Å². The van der Waals surface area contributed by atoms with Crippen molar-refractivity contribution in [1.82, 2.24) is 10.3 Å². The molecule has 1 aliphatic rings. The van der Waals surface area contributed by atoms with Crippen LogP contribution in [0.4, 0.5) is 0 Å². The third kappa shape index (κ3) is 4.52. The van der Waals surface area contributed by atoms with Crippen LogP contribution in [0.25, 0.3) is 0 Å². The predicted octanol–water partition coefficient (Wildman–Crippen LogP) is 2.99. The van der Waals surface area contributed by atoms with Crippen molar-refractivity contribution < 1.29 is 14.4 Å². The van der Waals surface area contributed by atoms with Gasteiger partial charge in [0, 0.05) is 35.9 Å². The average molecular weight is 374 g/mol. The quantitative estimate of drug-likeness (QED) is 0.809. The van der Waals surface area contributed by atoms with Gasteiger partial charge in [-0.3, -0.25) is 9.78 Å². The lowest BCUT2D eigenvalue weighted by Gasteiger charge is -2.12. The number of hydrogen-bond acceptors (Lipinski definition) is 5. The number of rotatable bonds is 7. The summed E-state index contributed by atoms with van der Waals surface area (Å²) in [5.74, 6) is 0.601. The zero-order valence-electron chi connectivity index (χ0n) is 14.4. The van der Waals surface area contributed by atoms with Crippen LogP contribution in [0.15, 0.2) is 47.9 Å². The Morgan fingerprint density at radius 3 is 2.92 bits per heavy atom. The van der Waals surface area contributed by atoms with Crippen molar-refractivity contribution >= 4 is 23.2 Å². The summed E-state index contributed by atoms with van der Waals surface area (Å²) in [4.78, 5) is 21.6. The fourth-order valence-corrected chi connectivity index (χ4v) is 2.90. The molecule has 6 nitrogen and oxygen atoms in total. The van der Waals surface area contributed by atoms with Crippen LogP contribution in [0, 0.1) is 0 Å². The van der Waals surface area contributed by atoms with E-state index in [0.717, 1.165) is 22.6 Å². The Morgan fingerprint density at radius 1 is 1.35 bits per heavy atom. The summed E-state index contributed by atoms with van der Waals surface area (Å²) in [5, 5.41) is 7.54. The minimum absolute atomic E-state index is 0.183. The highest BCUT2D eigenvalue weighted by Gasteiger charge is 2.28. The Morgan fingerprint density at radius 2 is 2.15 bits per heavy atom. The van der Waals surface area contributed by atoms with Crippen molar-refractivity contribution in [3.8, 4) is 5.75 Å². The molecule has 1 atom stereocenters. The Bertz CT molecular complexity index is 796. The summed E-state index contributed by atoms with van der Waals surface area (Å²) < 4.78 is 5.59. The van der Waals surface area contributed by atoms with Gasteiger partial charge in [-0.25, -0.2) is 0 Å². The fourth-order valence-electron chi connectivity index (χ4n) is 2.71. The number of halogens is 1. The smallest absolute Gasteiger partial charge is 0.264 e. The number of aromatic nitrogens is 1. The maximum Gasteiger partial charge on any atom is 0.264 e. The number of benzene rings is 1. The second-order valence-electron chi connectivity index (χ2n) is 5.80. The van der Waals surface area contributed by atoms with Gasteiger partial charge < -0.3 is 14.9 Å². The highest BCUT2D eigenvalue weighted by molar-refractivity contribution is 6.30. The van der Waals surface area contributed by atoms with E-state index < -0.39 is 6.10 Å². The van der Waals surface area contributed by atoms with E-state index in [4.69, 9.17) is 21.2 Å². The molecule has 3 rings (SSSR count). The van der Waals surface area contributed by atoms with Gasteiger partial charge in [0.05, 0.1) is 12.3 Å². The Kier molecular flexibility index (Phi) is 6.07. The number of ether oxygens (including phenoxy) is 1. The van der Waals surface area contributed by atoms with Crippen LogP contribution < -0.4 is 10.1 Å². The number of nitrogens with one attached hydrogen (secondary N) is 1. The molecule has 26 heavy (non-hydrogen) atoms. The SMILES string of the molecule is CCOc1ccc(Cl)cc1CCNC(=O)[C@H]1CC(c2ccncc2)=NO1. The normalized spacial score (nSPS) is 15.9.